The average Bonchev–Trinajstić information content (AvgIpc) is 3.19. The molecule has 2 unspecified atom stereocenters. The summed E-state index contributed by atoms with van der Waals surface area (Å²) in [6, 6.07) is 8.24. The van der Waals surface area contributed by atoms with Gasteiger partial charge in [0.15, 0.2) is 0 Å². The molecule has 0 spiro atoms. The first-order chi connectivity index (χ1) is 9.65. The van der Waals surface area contributed by atoms with Gasteiger partial charge in [0.1, 0.15) is 0 Å². The molecule has 2 N–H and O–H groups in total. The Morgan fingerprint density at radius 1 is 1.20 bits per heavy atom. The summed E-state index contributed by atoms with van der Waals surface area (Å²) in [6.45, 7) is 0.684. The van der Waals surface area contributed by atoms with E-state index in [-0.39, 0.29) is 17.9 Å². The standard InChI is InChI=1S/C16H21ClN2O/c17-12-6-4-11(5-7-12)10-19(13-8-9-13)16(20)14-2-1-3-15(14)18/h4-7,13-15H,1-3,8-10,18H2. The lowest BCUT2D eigenvalue weighted by Gasteiger charge is -2.27. The van der Waals surface area contributed by atoms with Crippen molar-refractivity contribution in [3.63, 3.8) is 0 Å². The van der Waals surface area contributed by atoms with E-state index in [1.165, 1.54) is 0 Å². The van der Waals surface area contributed by atoms with E-state index in [1.54, 1.807) is 0 Å². The molecule has 0 radical (unpaired) electrons. The number of benzene rings is 1. The van der Waals surface area contributed by atoms with E-state index < -0.39 is 0 Å². The summed E-state index contributed by atoms with van der Waals surface area (Å²) in [5.74, 6) is 0.287. The summed E-state index contributed by atoms with van der Waals surface area (Å²) in [4.78, 5) is 14.8. The zero-order valence-electron chi connectivity index (χ0n) is 11.6. The fourth-order valence-corrected chi connectivity index (χ4v) is 3.19. The molecule has 2 fully saturated rings. The third kappa shape index (κ3) is 2.99. The molecule has 1 aromatic carbocycles. The highest BCUT2D eigenvalue weighted by Crippen LogP contribution is 2.33. The van der Waals surface area contributed by atoms with E-state index in [4.69, 9.17) is 17.3 Å². The van der Waals surface area contributed by atoms with Crippen LogP contribution < -0.4 is 5.73 Å². The Labute approximate surface area is 125 Å². The molecule has 0 aromatic heterocycles. The summed E-state index contributed by atoms with van der Waals surface area (Å²) in [6.07, 6.45) is 5.26. The monoisotopic (exact) mass is 292 g/mol. The normalized spacial score (nSPS) is 25.7. The van der Waals surface area contributed by atoms with Gasteiger partial charge in [0, 0.05) is 23.7 Å². The topological polar surface area (TPSA) is 46.3 Å². The second-order valence-corrected chi connectivity index (χ2v) is 6.46. The van der Waals surface area contributed by atoms with Gasteiger partial charge in [-0.15, -0.1) is 0 Å². The number of carbonyl (C=O) groups is 1. The van der Waals surface area contributed by atoms with Crippen LogP contribution in [0.25, 0.3) is 0 Å². The van der Waals surface area contributed by atoms with Crippen molar-refractivity contribution in [3.05, 3.63) is 34.9 Å². The van der Waals surface area contributed by atoms with Crippen LogP contribution in [0, 0.1) is 5.92 Å². The van der Waals surface area contributed by atoms with E-state index in [0.29, 0.717) is 12.6 Å². The molecular weight excluding hydrogens is 272 g/mol. The van der Waals surface area contributed by atoms with Crippen molar-refractivity contribution < 1.29 is 4.79 Å². The van der Waals surface area contributed by atoms with Crippen LogP contribution in [0.2, 0.25) is 5.02 Å². The van der Waals surface area contributed by atoms with E-state index in [9.17, 15) is 4.79 Å². The number of nitrogens with two attached hydrogens (primary N) is 1. The van der Waals surface area contributed by atoms with E-state index >= 15 is 0 Å². The third-order valence-corrected chi connectivity index (χ3v) is 4.68. The summed E-state index contributed by atoms with van der Waals surface area (Å²) in [5.41, 5.74) is 7.23. The van der Waals surface area contributed by atoms with Crippen molar-refractivity contribution in [2.24, 2.45) is 11.7 Å². The lowest BCUT2D eigenvalue weighted by molar-refractivity contribution is -0.137. The number of hydrogen-bond donors (Lipinski definition) is 1. The minimum atomic E-state index is 0.0305. The first-order valence-corrected chi connectivity index (χ1v) is 7.83. The van der Waals surface area contributed by atoms with Crippen LogP contribution in [0.5, 0.6) is 0 Å². The maximum atomic E-state index is 12.7. The van der Waals surface area contributed by atoms with Gasteiger partial charge in [0.05, 0.1) is 5.92 Å². The number of amides is 1. The summed E-state index contributed by atoms with van der Waals surface area (Å²) in [7, 11) is 0. The van der Waals surface area contributed by atoms with E-state index in [1.807, 2.05) is 29.2 Å². The Bertz CT molecular complexity index is 484. The molecule has 2 atom stereocenters. The van der Waals surface area contributed by atoms with Gasteiger partial charge in [0.25, 0.3) is 0 Å². The molecule has 4 heteroatoms. The number of hydrogen-bond acceptors (Lipinski definition) is 2. The molecule has 3 nitrogen and oxygen atoms in total. The van der Waals surface area contributed by atoms with Gasteiger partial charge >= 0.3 is 0 Å². The molecule has 2 aliphatic carbocycles. The molecule has 20 heavy (non-hydrogen) atoms. The predicted molar refractivity (Wildman–Crippen MR) is 80.3 cm³/mol. The zero-order chi connectivity index (χ0) is 14.1. The lowest BCUT2D eigenvalue weighted by atomic mass is 10.0. The van der Waals surface area contributed by atoms with Crippen LogP contribution in [0.1, 0.15) is 37.7 Å². The van der Waals surface area contributed by atoms with Crippen molar-refractivity contribution in [3.8, 4) is 0 Å². The first kappa shape index (κ1) is 13.9. The highest BCUT2D eigenvalue weighted by atomic mass is 35.5. The fourth-order valence-electron chi connectivity index (χ4n) is 3.07. The zero-order valence-corrected chi connectivity index (χ0v) is 12.4. The highest BCUT2D eigenvalue weighted by molar-refractivity contribution is 6.30. The van der Waals surface area contributed by atoms with E-state index in [0.717, 1.165) is 42.7 Å². The van der Waals surface area contributed by atoms with Crippen molar-refractivity contribution in [2.45, 2.75) is 50.7 Å². The Hall–Kier alpha value is -1.06. The van der Waals surface area contributed by atoms with Gasteiger partial charge < -0.3 is 10.6 Å². The summed E-state index contributed by atoms with van der Waals surface area (Å²) >= 11 is 5.91. The maximum absolute atomic E-state index is 12.7. The molecule has 3 rings (SSSR count). The van der Waals surface area contributed by atoms with Crippen LogP contribution in [0.15, 0.2) is 24.3 Å². The first-order valence-electron chi connectivity index (χ1n) is 7.45. The molecule has 2 saturated carbocycles. The molecule has 108 valence electrons. The Kier molecular flexibility index (Phi) is 3.99. The van der Waals surface area contributed by atoms with E-state index in [2.05, 4.69) is 0 Å². The average molecular weight is 293 g/mol. The highest BCUT2D eigenvalue weighted by Gasteiger charge is 2.39. The fraction of sp³-hybridized carbons (Fsp3) is 0.562. The quantitative estimate of drug-likeness (QED) is 0.927. The van der Waals surface area contributed by atoms with Crippen molar-refractivity contribution in [1.29, 1.82) is 0 Å². The number of nitrogens with zero attached hydrogens (tertiary/aromatic N) is 1. The number of rotatable bonds is 4. The maximum Gasteiger partial charge on any atom is 0.227 e. The number of halogens is 1. The smallest absolute Gasteiger partial charge is 0.227 e. The second-order valence-electron chi connectivity index (χ2n) is 6.03. The number of carbonyl (C=O) groups excluding carboxylic acids is 1. The molecule has 2 aliphatic rings. The minimum absolute atomic E-state index is 0.0305. The summed E-state index contributed by atoms with van der Waals surface area (Å²) in [5, 5.41) is 0.732. The molecule has 1 amide bonds. The SMILES string of the molecule is NC1CCCC1C(=O)N(Cc1ccc(Cl)cc1)C1CC1. The minimum Gasteiger partial charge on any atom is -0.335 e. The third-order valence-electron chi connectivity index (χ3n) is 4.42. The van der Waals surface area contributed by atoms with Gasteiger partial charge in [0.2, 0.25) is 5.91 Å². The molecule has 1 aromatic rings. The second kappa shape index (κ2) is 5.74. The summed E-state index contributed by atoms with van der Waals surface area (Å²) < 4.78 is 0. The molecular formula is C16H21ClN2O. The van der Waals surface area contributed by atoms with Crippen LogP contribution >= 0.6 is 11.6 Å². The van der Waals surface area contributed by atoms with Crippen LogP contribution in [0.4, 0.5) is 0 Å². The Balaban J connectivity index is 1.72. The molecule has 0 bridgehead atoms. The van der Waals surface area contributed by atoms with Crippen LogP contribution in [-0.4, -0.2) is 22.9 Å². The van der Waals surface area contributed by atoms with Gasteiger partial charge in [-0.05, 0) is 43.4 Å². The lowest BCUT2D eigenvalue weighted by Crippen LogP contribution is -2.42. The Morgan fingerprint density at radius 2 is 1.90 bits per heavy atom. The van der Waals surface area contributed by atoms with Crippen molar-refractivity contribution >= 4 is 17.5 Å². The Morgan fingerprint density at radius 3 is 2.45 bits per heavy atom. The van der Waals surface area contributed by atoms with Gasteiger partial charge in [-0.25, -0.2) is 0 Å². The van der Waals surface area contributed by atoms with Crippen LogP contribution in [-0.2, 0) is 11.3 Å². The van der Waals surface area contributed by atoms with Gasteiger partial charge in [-0.3, -0.25) is 4.79 Å². The van der Waals surface area contributed by atoms with Crippen LogP contribution in [0.3, 0.4) is 0 Å². The predicted octanol–water partition coefficient (Wildman–Crippen LogP) is 2.96. The van der Waals surface area contributed by atoms with Gasteiger partial charge in [-0.1, -0.05) is 30.2 Å². The molecule has 0 aliphatic heterocycles. The molecule has 0 saturated heterocycles. The van der Waals surface area contributed by atoms with Crippen molar-refractivity contribution in [2.75, 3.05) is 0 Å². The van der Waals surface area contributed by atoms with Crippen molar-refractivity contribution in [1.82, 2.24) is 4.90 Å². The largest absolute Gasteiger partial charge is 0.335 e. The van der Waals surface area contributed by atoms with Gasteiger partial charge in [-0.2, -0.15) is 0 Å². The molecule has 0 heterocycles.